The highest BCUT2D eigenvalue weighted by Crippen LogP contribution is 2.19. The molecular weight excluding hydrogens is 248 g/mol. The number of nitrogens with one attached hydrogen (secondary N) is 1. The summed E-state index contributed by atoms with van der Waals surface area (Å²) < 4.78 is 5.95. The Bertz CT molecular complexity index is 413. The fraction of sp³-hybridized carbons (Fsp3) is 0.647. The molecule has 3 heteroatoms. The quantitative estimate of drug-likeness (QED) is 0.829. The van der Waals surface area contributed by atoms with E-state index in [1.54, 1.807) is 0 Å². The van der Waals surface area contributed by atoms with E-state index in [-0.39, 0.29) is 0 Å². The summed E-state index contributed by atoms with van der Waals surface area (Å²) in [4.78, 5) is 2.48. The third-order valence-electron chi connectivity index (χ3n) is 4.10. The summed E-state index contributed by atoms with van der Waals surface area (Å²) in [5, 5.41) is 3.56. The Balaban J connectivity index is 1.76. The maximum absolute atomic E-state index is 5.95. The van der Waals surface area contributed by atoms with Crippen LogP contribution >= 0.6 is 0 Å². The molecular formula is C17H28N2O. The van der Waals surface area contributed by atoms with Crippen LogP contribution in [-0.2, 0) is 0 Å². The molecule has 1 aromatic carbocycles. The Kier molecular flexibility index (Phi) is 5.86. The zero-order valence-corrected chi connectivity index (χ0v) is 13.1. The minimum atomic E-state index is 0.677. The molecule has 1 N–H and O–H groups in total. The fourth-order valence-corrected chi connectivity index (χ4v) is 2.75. The molecule has 20 heavy (non-hydrogen) atoms. The standard InChI is InChI=1S/C17H28N2O/c1-4-19(13-16-6-5-9-18-16)10-11-20-17-12-14(2)7-8-15(17)3/h7-8,12,16,18H,4-6,9-11,13H2,1-3H3. The van der Waals surface area contributed by atoms with E-state index in [9.17, 15) is 0 Å². The molecule has 0 bridgehead atoms. The highest BCUT2D eigenvalue weighted by atomic mass is 16.5. The van der Waals surface area contributed by atoms with Gasteiger partial charge >= 0.3 is 0 Å². The van der Waals surface area contributed by atoms with Crippen LogP contribution < -0.4 is 10.1 Å². The van der Waals surface area contributed by atoms with Gasteiger partial charge in [0.2, 0.25) is 0 Å². The smallest absolute Gasteiger partial charge is 0.122 e. The van der Waals surface area contributed by atoms with Crippen LogP contribution in [0.1, 0.15) is 30.9 Å². The van der Waals surface area contributed by atoms with Gasteiger partial charge in [-0.25, -0.2) is 0 Å². The molecule has 1 aromatic rings. The first-order valence-corrected chi connectivity index (χ1v) is 7.85. The zero-order valence-electron chi connectivity index (χ0n) is 13.1. The molecule has 0 aromatic heterocycles. The molecule has 3 nitrogen and oxygen atoms in total. The third kappa shape index (κ3) is 4.50. The van der Waals surface area contributed by atoms with Crippen molar-refractivity contribution in [2.75, 3.05) is 32.8 Å². The highest BCUT2D eigenvalue weighted by molar-refractivity contribution is 5.35. The Hall–Kier alpha value is -1.06. The van der Waals surface area contributed by atoms with Crippen molar-refractivity contribution < 1.29 is 4.74 Å². The van der Waals surface area contributed by atoms with Crippen molar-refractivity contribution in [2.24, 2.45) is 0 Å². The monoisotopic (exact) mass is 276 g/mol. The molecule has 1 atom stereocenters. The van der Waals surface area contributed by atoms with Gasteiger partial charge in [0.25, 0.3) is 0 Å². The van der Waals surface area contributed by atoms with E-state index >= 15 is 0 Å². The Morgan fingerprint density at radius 1 is 1.35 bits per heavy atom. The van der Waals surface area contributed by atoms with Gasteiger partial charge < -0.3 is 10.1 Å². The number of ether oxygens (including phenoxy) is 1. The molecule has 1 fully saturated rings. The van der Waals surface area contributed by atoms with Gasteiger partial charge in [-0.05, 0) is 57.0 Å². The van der Waals surface area contributed by atoms with Gasteiger partial charge in [-0.3, -0.25) is 4.90 Å². The number of benzene rings is 1. The molecule has 0 amide bonds. The lowest BCUT2D eigenvalue weighted by molar-refractivity contribution is 0.202. The van der Waals surface area contributed by atoms with Crippen LogP contribution in [0.15, 0.2) is 18.2 Å². The second kappa shape index (κ2) is 7.65. The summed E-state index contributed by atoms with van der Waals surface area (Å²) in [5.74, 6) is 1.03. The number of rotatable bonds is 7. The van der Waals surface area contributed by atoms with Crippen molar-refractivity contribution in [1.29, 1.82) is 0 Å². The van der Waals surface area contributed by atoms with Gasteiger partial charge in [-0.2, -0.15) is 0 Å². The Labute approximate surface area is 123 Å². The largest absolute Gasteiger partial charge is 0.492 e. The number of likely N-dealkylation sites (N-methyl/N-ethyl adjacent to an activating group) is 1. The van der Waals surface area contributed by atoms with E-state index in [0.29, 0.717) is 6.04 Å². The average molecular weight is 276 g/mol. The van der Waals surface area contributed by atoms with Gasteiger partial charge in [0.15, 0.2) is 0 Å². The van der Waals surface area contributed by atoms with Crippen molar-refractivity contribution in [3.05, 3.63) is 29.3 Å². The van der Waals surface area contributed by atoms with E-state index < -0.39 is 0 Å². The predicted molar refractivity (Wildman–Crippen MR) is 84.5 cm³/mol. The lowest BCUT2D eigenvalue weighted by atomic mass is 10.1. The van der Waals surface area contributed by atoms with E-state index in [0.717, 1.165) is 32.0 Å². The molecule has 1 saturated heterocycles. The molecule has 112 valence electrons. The van der Waals surface area contributed by atoms with Gasteiger partial charge in [-0.1, -0.05) is 19.1 Å². The number of aryl methyl sites for hydroxylation is 2. The normalized spacial score (nSPS) is 18.7. The molecule has 1 aliphatic rings. The average Bonchev–Trinajstić information content (AvgIpc) is 2.94. The molecule has 0 spiro atoms. The molecule has 2 rings (SSSR count). The van der Waals surface area contributed by atoms with Crippen LogP contribution in [0.2, 0.25) is 0 Å². The van der Waals surface area contributed by atoms with Crippen molar-refractivity contribution in [1.82, 2.24) is 10.2 Å². The summed E-state index contributed by atoms with van der Waals surface area (Å²) in [5.41, 5.74) is 2.48. The predicted octanol–water partition coefficient (Wildman–Crippen LogP) is 2.76. The lowest BCUT2D eigenvalue weighted by Gasteiger charge is -2.24. The summed E-state index contributed by atoms with van der Waals surface area (Å²) in [6.45, 7) is 11.6. The van der Waals surface area contributed by atoms with E-state index in [1.165, 1.54) is 30.5 Å². The molecule has 1 aliphatic heterocycles. The van der Waals surface area contributed by atoms with Gasteiger partial charge in [-0.15, -0.1) is 0 Å². The van der Waals surface area contributed by atoms with Crippen LogP contribution in [0.4, 0.5) is 0 Å². The molecule has 0 aliphatic carbocycles. The van der Waals surface area contributed by atoms with Crippen LogP contribution in [-0.4, -0.2) is 43.7 Å². The summed E-state index contributed by atoms with van der Waals surface area (Å²) in [6.07, 6.45) is 2.63. The highest BCUT2D eigenvalue weighted by Gasteiger charge is 2.16. The summed E-state index contributed by atoms with van der Waals surface area (Å²) >= 11 is 0. The molecule has 0 radical (unpaired) electrons. The van der Waals surface area contributed by atoms with Crippen molar-refractivity contribution in [2.45, 2.75) is 39.7 Å². The van der Waals surface area contributed by atoms with Crippen molar-refractivity contribution >= 4 is 0 Å². The second-order valence-electron chi connectivity index (χ2n) is 5.80. The van der Waals surface area contributed by atoms with Crippen molar-refractivity contribution in [3.8, 4) is 5.75 Å². The zero-order chi connectivity index (χ0) is 14.4. The van der Waals surface area contributed by atoms with Gasteiger partial charge in [0.1, 0.15) is 12.4 Å². The minimum Gasteiger partial charge on any atom is -0.492 e. The first-order chi connectivity index (χ1) is 9.69. The molecule has 0 saturated carbocycles. The maximum atomic E-state index is 5.95. The lowest BCUT2D eigenvalue weighted by Crippen LogP contribution is -2.39. The summed E-state index contributed by atoms with van der Waals surface area (Å²) in [6, 6.07) is 7.07. The van der Waals surface area contributed by atoms with Crippen LogP contribution in [0.3, 0.4) is 0 Å². The van der Waals surface area contributed by atoms with Crippen LogP contribution in [0.5, 0.6) is 5.75 Å². The Morgan fingerprint density at radius 2 is 2.20 bits per heavy atom. The first kappa shape index (κ1) is 15.3. The summed E-state index contributed by atoms with van der Waals surface area (Å²) in [7, 11) is 0. The van der Waals surface area contributed by atoms with Gasteiger partial charge in [0, 0.05) is 19.1 Å². The van der Waals surface area contributed by atoms with E-state index in [2.05, 4.69) is 49.2 Å². The van der Waals surface area contributed by atoms with Crippen LogP contribution in [0.25, 0.3) is 0 Å². The van der Waals surface area contributed by atoms with E-state index in [4.69, 9.17) is 4.74 Å². The second-order valence-corrected chi connectivity index (χ2v) is 5.80. The fourth-order valence-electron chi connectivity index (χ4n) is 2.75. The number of nitrogens with zero attached hydrogens (tertiary/aromatic N) is 1. The Morgan fingerprint density at radius 3 is 2.90 bits per heavy atom. The van der Waals surface area contributed by atoms with Crippen molar-refractivity contribution in [3.63, 3.8) is 0 Å². The number of hydrogen-bond donors (Lipinski definition) is 1. The SMILES string of the molecule is CCN(CCOc1cc(C)ccc1C)CC1CCCN1. The van der Waals surface area contributed by atoms with Gasteiger partial charge in [0.05, 0.1) is 0 Å². The van der Waals surface area contributed by atoms with E-state index in [1.807, 2.05) is 0 Å². The first-order valence-electron chi connectivity index (χ1n) is 7.85. The molecule has 1 unspecified atom stereocenters. The topological polar surface area (TPSA) is 24.5 Å². The molecule has 1 heterocycles. The minimum absolute atomic E-state index is 0.677. The number of hydrogen-bond acceptors (Lipinski definition) is 3. The van der Waals surface area contributed by atoms with Crippen LogP contribution in [0, 0.1) is 13.8 Å². The third-order valence-corrected chi connectivity index (χ3v) is 4.10. The maximum Gasteiger partial charge on any atom is 0.122 e.